The first-order valence-electron chi connectivity index (χ1n) is 7.37. The van der Waals surface area contributed by atoms with Gasteiger partial charge >= 0.3 is 0 Å². The minimum atomic E-state index is -0.0213. The maximum absolute atomic E-state index is 12.5. The van der Waals surface area contributed by atoms with Crippen molar-refractivity contribution < 1.29 is 4.79 Å². The summed E-state index contributed by atoms with van der Waals surface area (Å²) in [4.78, 5) is 14.3. The van der Waals surface area contributed by atoms with Gasteiger partial charge in [0.05, 0.1) is 11.4 Å². The molecule has 0 spiro atoms. The number of hydrogen-bond donors (Lipinski definition) is 1. The number of para-hydroxylation sites is 2. The number of amides is 1. The van der Waals surface area contributed by atoms with Crippen LogP contribution >= 0.6 is 0 Å². The third kappa shape index (κ3) is 3.42. The topological polar surface area (TPSA) is 64.2 Å². The van der Waals surface area contributed by atoms with Gasteiger partial charge in [0, 0.05) is 19.3 Å². The number of nitrogen functional groups attached to an aromatic ring is 1. The standard InChI is InChI=1S/C16H22N4O/c1-3-10-19(11-4-2)16(21)14-9-12-20(18-14)15-8-6-5-7-13(15)17/h5-9,12H,3-4,10-11,17H2,1-2H3. The van der Waals surface area contributed by atoms with Gasteiger partial charge in [-0.3, -0.25) is 4.79 Å². The van der Waals surface area contributed by atoms with Crippen molar-refractivity contribution >= 4 is 11.6 Å². The molecule has 5 heteroatoms. The Morgan fingerprint density at radius 2 is 1.86 bits per heavy atom. The molecule has 0 aliphatic carbocycles. The van der Waals surface area contributed by atoms with Crippen LogP contribution in [0.4, 0.5) is 5.69 Å². The fourth-order valence-electron chi connectivity index (χ4n) is 2.29. The summed E-state index contributed by atoms with van der Waals surface area (Å²) >= 11 is 0. The summed E-state index contributed by atoms with van der Waals surface area (Å²) in [7, 11) is 0. The van der Waals surface area contributed by atoms with Crippen LogP contribution in [0.5, 0.6) is 0 Å². The van der Waals surface area contributed by atoms with Gasteiger partial charge in [0.25, 0.3) is 5.91 Å². The lowest BCUT2D eigenvalue weighted by Crippen LogP contribution is -2.32. The van der Waals surface area contributed by atoms with E-state index in [9.17, 15) is 4.79 Å². The highest BCUT2D eigenvalue weighted by Gasteiger charge is 2.17. The molecule has 0 fully saturated rings. The second-order valence-electron chi connectivity index (χ2n) is 5.00. The minimum Gasteiger partial charge on any atom is -0.397 e. The molecule has 21 heavy (non-hydrogen) atoms. The fraction of sp³-hybridized carbons (Fsp3) is 0.375. The number of nitrogens with two attached hydrogens (primary N) is 1. The van der Waals surface area contributed by atoms with Crippen molar-refractivity contribution in [1.82, 2.24) is 14.7 Å². The molecule has 0 radical (unpaired) electrons. The van der Waals surface area contributed by atoms with Gasteiger partial charge in [0.15, 0.2) is 5.69 Å². The van der Waals surface area contributed by atoms with E-state index in [-0.39, 0.29) is 5.91 Å². The Morgan fingerprint density at radius 1 is 1.19 bits per heavy atom. The average molecular weight is 286 g/mol. The number of carbonyl (C=O) groups excluding carboxylic acids is 1. The number of aromatic nitrogens is 2. The highest BCUT2D eigenvalue weighted by Crippen LogP contribution is 2.16. The lowest BCUT2D eigenvalue weighted by molar-refractivity contribution is 0.0749. The third-order valence-electron chi connectivity index (χ3n) is 3.27. The molecule has 1 amide bonds. The van der Waals surface area contributed by atoms with Gasteiger partial charge in [0.2, 0.25) is 0 Å². The molecule has 2 N–H and O–H groups in total. The van der Waals surface area contributed by atoms with E-state index < -0.39 is 0 Å². The summed E-state index contributed by atoms with van der Waals surface area (Å²) in [5.74, 6) is -0.0213. The quantitative estimate of drug-likeness (QED) is 0.830. The number of carbonyl (C=O) groups is 1. The molecule has 5 nitrogen and oxygen atoms in total. The molecule has 2 aromatic rings. The lowest BCUT2D eigenvalue weighted by atomic mass is 10.3. The Labute approximate surface area is 125 Å². The second-order valence-corrected chi connectivity index (χ2v) is 5.00. The van der Waals surface area contributed by atoms with Crippen LogP contribution in [0.15, 0.2) is 36.5 Å². The van der Waals surface area contributed by atoms with Gasteiger partial charge in [0.1, 0.15) is 0 Å². The van der Waals surface area contributed by atoms with Crippen molar-refractivity contribution in [3.8, 4) is 5.69 Å². The van der Waals surface area contributed by atoms with Crippen LogP contribution in [-0.4, -0.2) is 33.7 Å². The Kier molecular flexibility index (Phi) is 4.98. The van der Waals surface area contributed by atoms with E-state index in [1.165, 1.54) is 0 Å². The monoisotopic (exact) mass is 286 g/mol. The zero-order chi connectivity index (χ0) is 15.2. The highest BCUT2D eigenvalue weighted by molar-refractivity contribution is 5.92. The Morgan fingerprint density at radius 3 is 2.48 bits per heavy atom. The molecule has 1 aromatic carbocycles. The smallest absolute Gasteiger partial charge is 0.274 e. The summed E-state index contributed by atoms with van der Waals surface area (Å²) in [6.07, 6.45) is 3.66. The summed E-state index contributed by atoms with van der Waals surface area (Å²) in [6.45, 7) is 5.65. The average Bonchev–Trinajstić information content (AvgIpc) is 2.96. The molecule has 0 atom stereocenters. The van der Waals surface area contributed by atoms with Crippen molar-refractivity contribution in [1.29, 1.82) is 0 Å². The summed E-state index contributed by atoms with van der Waals surface area (Å²) in [5, 5.41) is 4.37. The molecule has 1 heterocycles. The molecule has 0 unspecified atom stereocenters. The number of benzene rings is 1. The Bertz CT molecular complexity index is 600. The van der Waals surface area contributed by atoms with Crippen LogP contribution in [0.2, 0.25) is 0 Å². The largest absolute Gasteiger partial charge is 0.397 e. The maximum atomic E-state index is 12.5. The predicted molar refractivity (Wildman–Crippen MR) is 84.5 cm³/mol. The number of anilines is 1. The van der Waals surface area contributed by atoms with Crippen LogP contribution in [0, 0.1) is 0 Å². The van der Waals surface area contributed by atoms with Gasteiger partial charge in [-0.2, -0.15) is 5.10 Å². The van der Waals surface area contributed by atoms with Gasteiger partial charge in [-0.25, -0.2) is 4.68 Å². The van der Waals surface area contributed by atoms with E-state index in [0.717, 1.165) is 31.6 Å². The van der Waals surface area contributed by atoms with E-state index in [1.807, 2.05) is 29.2 Å². The van der Waals surface area contributed by atoms with Crippen LogP contribution < -0.4 is 5.73 Å². The van der Waals surface area contributed by atoms with Gasteiger partial charge in [-0.05, 0) is 31.0 Å². The normalized spacial score (nSPS) is 10.6. The number of nitrogens with zero attached hydrogens (tertiary/aromatic N) is 3. The van der Waals surface area contributed by atoms with E-state index in [0.29, 0.717) is 11.4 Å². The first kappa shape index (κ1) is 15.1. The lowest BCUT2D eigenvalue weighted by Gasteiger charge is -2.20. The van der Waals surface area contributed by atoms with Crippen molar-refractivity contribution in [2.75, 3.05) is 18.8 Å². The van der Waals surface area contributed by atoms with Crippen molar-refractivity contribution in [2.45, 2.75) is 26.7 Å². The van der Waals surface area contributed by atoms with Gasteiger partial charge < -0.3 is 10.6 Å². The molecule has 1 aromatic heterocycles. The maximum Gasteiger partial charge on any atom is 0.274 e. The first-order valence-corrected chi connectivity index (χ1v) is 7.37. The zero-order valence-corrected chi connectivity index (χ0v) is 12.6. The molecule has 112 valence electrons. The molecule has 0 aliphatic rings. The third-order valence-corrected chi connectivity index (χ3v) is 3.27. The fourth-order valence-corrected chi connectivity index (χ4v) is 2.29. The number of rotatable bonds is 6. The Hall–Kier alpha value is -2.30. The predicted octanol–water partition coefficient (Wildman–Crippen LogP) is 2.72. The van der Waals surface area contributed by atoms with Crippen LogP contribution in [0.3, 0.4) is 0 Å². The zero-order valence-electron chi connectivity index (χ0n) is 12.6. The number of hydrogen-bond acceptors (Lipinski definition) is 3. The Balaban J connectivity index is 2.23. The van der Waals surface area contributed by atoms with Gasteiger partial charge in [-0.15, -0.1) is 0 Å². The van der Waals surface area contributed by atoms with Crippen molar-refractivity contribution in [2.24, 2.45) is 0 Å². The summed E-state index contributed by atoms with van der Waals surface area (Å²) in [5.41, 5.74) is 7.82. The molecule has 2 rings (SSSR count). The summed E-state index contributed by atoms with van der Waals surface area (Å²) in [6, 6.07) is 9.21. The van der Waals surface area contributed by atoms with E-state index in [2.05, 4.69) is 18.9 Å². The highest BCUT2D eigenvalue weighted by atomic mass is 16.2. The molecule has 0 saturated heterocycles. The molecule has 0 saturated carbocycles. The SMILES string of the molecule is CCCN(CCC)C(=O)c1ccn(-c2ccccc2N)n1. The molecular weight excluding hydrogens is 264 g/mol. The second kappa shape index (κ2) is 6.92. The van der Waals surface area contributed by atoms with Crippen molar-refractivity contribution in [3.05, 3.63) is 42.2 Å². The van der Waals surface area contributed by atoms with E-state index in [1.54, 1.807) is 16.9 Å². The van der Waals surface area contributed by atoms with Crippen molar-refractivity contribution in [3.63, 3.8) is 0 Å². The minimum absolute atomic E-state index is 0.0213. The van der Waals surface area contributed by atoms with Crippen LogP contribution in [0.1, 0.15) is 37.2 Å². The molecule has 0 bridgehead atoms. The molecular formula is C16H22N4O. The van der Waals surface area contributed by atoms with E-state index >= 15 is 0 Å². The van der Waals surface area contributed by atoms with E-state index in [4.69, 9.17) is 5.73 Å². The van der Waals surface area contributed by atoms with Crippen LogP contribution in [-0.2, 0) is 0 Å². The van der Waals surface area contributed by atoms with Crippen LogP contribution in [0.25, 0.3) is 5.69 Å². The summed E-state index contributed by atoms with van der Waals surface area (Å²) < 4.78 is 1.65. The molecule has 0 aliphatic heterocycles. The van der Waals surface area contributed by atoms with Gasteiger partial charge in [-0.1, -0.05) is 26.0 Å². The first-order chi connectivity index (χ1) is 10.2.